The summed E-state index contributed by atoms with van der Waals surface area (Å²) in [7, 11) is 0. The molecule has 2 aliphatic rings. The maximum atomic E-state index is 14.3. The number of amidine groups is 1. The molecule has 4 rings (SSSR count). The largest absolute Gasteiger partial charge is 0.341 e. The van der Waals surface area contributed by atoms with Crippen LogP contribution in [0.5, 0.6) is 0 Å². The summed E-state index contributed by atoms with van der Waals surface area (Å²) < 4.78 is 28.6. The minimum absolute atomic E-state index is 0.221. The van der Waals surface area contributed by atoms with Crippen molar-refractivity contribution in [2.45, 2.75) is 25.8 Å². The standard InChI is InChI=1S/C20H20ClF2N3/c21-14-3-1-2-13(10-14)12-25-19-20(6-8-24-9-7-20)11-15-16(22)4-5-17(23)18(15)26-19/h1-5,10,24H,6-9,11-12H2,(H,25,26). The Kier molecular flexibility index (Phi) is 4.67. The lowest BCUT2D eigenvalue weighted by atomic mass is 9.70. The second-order valence-corrected chi connectivity index (χ2v) is 7.45. The molecule has 2 N–H and O–H groups in total. The smallest absolute Gasteiger partial charge is 0.147 e. The van der Waals surface area contributed by atoms with Crippen molar-refractivity contribution in [3.8, 4) is 0 Å². The lowest BCUT2D eigenvalue weighted by Crippen LogP contribution is -2.49. The zero-order valence-electron chi connectivity index (χ0n) is 14.3. The third-order valence-electron chi connectivity index (χ3n) is 5.34. The van der Waals surface area contributed by atoms with Gasteiger partial charge >= 0.3 is 0 Å². The monoisotopic (exact) mass is 375 g/mol. The molecule has 2 aromatic rings. The van der Waals surface area contributed by atoms with Crippen LogP contribution >= 0.6 is 11.6 Å². The first-order valence-electron chi connectivity index (χ1n) is 8.81. The number of benzene rings is 2. The highest BCUT2D eigenvalue weighted by Gasteiger charge is 2.42. The van der Waals surface area contributed by atoms with E-state index in [0.29, 0.717) is 23.6 Å². The Bertz CT molecular complexity index is 860. The molecule has 26 heavy (non-hydrogen) atoms. The average Bonchev–Trinajstić information content (AvgIpc) is 2.64. The van der Waals surface area contributed by atoms with Crippen molar-refractivity contribution in [3.05, 3.63) is 64.2 Å². The van der Waals surface area contributed by atoms with E-state index < -0.39 is 5.82 Å². The predicted molar refractivity (Wildman–Crippen MR) is 101 cm³/mol. The number of anilines is 1. The topological polar surface area (TPSA) is 36.4 Å². The Hall–Kier alpha value is -1.98. The number of nitrogens with one attached hydrogen (secondary N) is 2. The van der Waals surface area contributed by atoms with Crippen LogP contribution in [0.1, 0.15) is 24.0 Å². The van der Waals surface area contributed by atoms with Gasteiger partial charge in [-0.2, -0.15) is 0 Å². The molecule has 6 heteroatoms. The lowest BCUT2D eigenvalue weighted by molar-refractivity contribution is 0.289. The molecule has 0 aliphatic carbocycles. The first kappa shape index (κ1) is 17.4. The number of hydrogen-bond donors (Lipinski definition) is 2. The van der Waals surface area contributed by atoms with E-state index in [-0.39, 0.29) is 16.9 Å². The number of rotatable bonds is 2. The molecule has 0 radical (unpaired) electrons. The van der Waals surface area contributed by atoms with E-state index in [2.05, 4.69) is 10.6 Å². The van der Waals surface area contributed by atoms with Gasteiger partial charge in [-0.05, 0) is 62.2 Å². The predicted octanol–water partition coefficient (Wildman–Crippen LogP) is 4.55. The molecule has 1 fully saturated rings. The van der Waals surface area contributed by atoms with Crippen LogP contribution in [0.2, 0.25) is 5.02 Å². The average molecular weight is 376 g/mol. The third-order valence-corrected chi connectivity index (χ3v) is 5.57. The maximum absolute atomic E-state index is 14.3. The Morgan fingerprint density at radius 1 is 1.08 bits per heavy atom. The van der Waals surface area contributed by atoms with Gasteiger partial charge in [-0.25, -0.2) is 8.78 Å². The highest BCUT2D eigenvalue weighted by molar-refractivity contribution is 6.30. The first-order chi connectivity index (χ1) is 12.6. The van der Waals surface area contributed by atoms with Crippen LogP contribution in [0.25, 0.3) is 0 Å². The van der Waals surface area contributed by atoms with Gasteiger partial charge in [0.25, 0.3) is 0 Å². The van der Waals surface area contributed by atoms with Gasteiger partial charge in [-0.1, -0.05) is 23.7 Å². The molecule has 0 bridgehead atoms. The summed E-state index contributed by atoms with van der Waals surface area (Å²) in [4.78, 5) is 4.77. The van der Waals surface area contributed by atoms with Crippen LogP contribution in [-0.2, 0) is 13.0 Å². The zero-order valence-corrected chi connectivity index (χ0v) is 15.0. The van der Waals surface area contributed by atoms with Gasteiger partial charge < -0.3 is 10.6 Å². The SMILES string of the molecule is Fc1ccc(F)c2c1CC1(CCNCC1)C(=NCc1cccc(Cl)c1)N2. The molecular weight excluding hydrogens is 356 g/mol. The zero-order chi connectivity index (χ0) is 18.1. The summed E-state index contributed by atoms with van der Waals surface area (Å²) in [6, 6.07) is 9.91. The summed E-state index contributed by atoms with van der Waals surface area (Å²) in [6.45, 7) is 2.12. The van der Waals surface area contributed by atoms with Crippen molar-refractivity contribution in [1.29, 1.82) is 0 Å². The second kappa shape index (κ2) is 6.97. The third kappa shape index (κ3) is 3.21. The Balaban J connectivity index is 1.72. The van der Waals surface area contributed by atoms with E-state index in [0.717, 1.165) is 43.4 Å². The molecule has 0 saturated carbocycles. The second-order valence-electron chi connectivity index (χ2n) is 7.01. The van der Waals surface area contributed by atoms with Crippen molar-refractivity contribution < 1.29 is 8.78 Å². The lowest BCUT2D eigenvalue weighted by Gasteiger charge is -2.43. The number of hydrogen-bond acceptors (Lipinski definition) is 2. The van der Waals surface area contributed by atoms with Gasteiger partial charge in [0, 0.05) is 16.0 Å². The summed E-state index contributed by atoms with van der Waals surface area (Å²) >= 11 is 6.05. The van der Waals surface area contributed by atoms with E-state index >= 15 is 0 Å². The molecule has 136 valence electrons. The van der Waals surface area contributed by atoms with Crippen molar-refractivity contribution >= 4 is 23.1 Å². The van der Waals surface area contributed by atoms with E-state index in [1.54, 1.807) is 0 Å². The van der Waals surface area contributed by atoms with Crippen LogP contribution in [0, 0.1) is 17.0 Å². The summed E-state index contributed by atoms with van der Waals surface area (Å²) in [5.74, 6) is -0.0580. The fraction of sp³-hybridized carbons (Fsp3) is 0.350. The molecule has 1 spiro atoms. The highest BCUT2D eigenvalue weighted by Crippen LogP contribution is 2.42. The van der Waals surface area contributed by atoms with E-state index in [4.69, 9.17) is 16.6 Å². The summed E-state index contributed by atoms with van der Waals surface area (Å²) in [6.07, 6.45) is 2.14. The molecule has 0 amide bonds. The van der Waals surface area contributed by atoms with Crippen LogP contribution in [0.4, 0.5) is 14.5 Å². The van der Waals surface area contributed by atoms with Crippen molar-refractivity contribution in [3.63, 3.8) is 0 Å². The van der Waals surface area contributed by atoms with E-state index in [1.807, 2.05) is 24.3 Å². The van der Waals surface area contributed by atoms with E-state index in [1.165, 1.54) is 6.07 Å². The van der Waals surface area contributed by atoms with Gasteiger partial charge in [0.1, 0.15) is 17.5 Å². The molecule has 2 heterocycles. The van der Waals surface area contributed by atoms with Crippen molar-refractivity contribution in [2.75, 3.05) is 18.4 Å². The molecular formula is C20H20ClF2N3. The number of piperidine rings is 1. The molecule has 2 aliphatic heterocycles. The number of halogens is 3. The maximum Gasteiger partial charge on any atom is 0.147 e. The highest BCUT2D eigenvalue weighted by atomic mass is 35.5. The number of nitrogens with zero attached hydrogens (tertiary/aromatic N) is 1. The molecule has 2 aromatic carbocycles. The van der Waals surface area contributed by atoms with Gasteiger partial charge in [0.2, 0.25) is 0 Å². The normalized spacial score (nSPS) is 20.0. The van der Waals surface area contributed by atoms with Crippen LogP contribution in [-0.4, -0.2) is 18.9 Å². The number of fused-ring (bicyclic) bond motifs is 1. The van der Waals surface area contributed by atoms with Crippen molar-refractivity contribution in [2.24, 2.45) is 10.4 Å². The van der Waals surface area contributed by atoms with Crippen LogP contribution < -0.4 is 10.6 Å². The fourth-order valence-corrected chi connectivity index (χ4v) is 4.12. The quantitative estimate of drug-likeness (QED) is 0.807. The molecule has 1 saturated heterocycles. The van der Waals surface area contributed by atoms with Gasteiger partial charge in [0.05, 0.1) is 12.2 Å². The minimum atomic E-state index is -0.444. The fourth-order valence-electron chi connectivity index (χ4n) is 3.91. The molecule has 3 nitrogen and oxygen atoms in total. The number of aliphatic imine (C=N–C) groups is 1. The molecule has 0 aromatic heterocycles. The van der Waals surface area contributed by atoms with Crippen molar-refractivity contribution in [1.82, 2.24) is 5.32 Å². The van der Waals surface area contributed by atoms with Crippen LogP contribution in [0.3, 0.4) is 0 Å². The summed E-state index contributed by atoms with van der Waals surface area (Å²) in [5, 5.41) is 7.13. The molecule has 0 unspecified atom stereocenters. The Morgan fingerprint density at radius 3 is 2.62 bits per heavy atom. The van der Waals surface area contributed by atoms with E-state index in [9.17, 15) is 8.78 Å². The van der Waals surface area contributed by atoms with Gasteiger partial charge in [-0.15, -0.1) is 0 Å². The Morgan fingerprint density at radius 2 is 1.85 bits per heavy atom. The van der Waals surface area contributed by atoms with Gasteiger partial charge in [0.15, 0.2) is 0 Å². The first-order valence-corrected chi connectivity index (χ1v) is 9.19. The molecule has 0 atom stereocenters. The summed E-state index contributed by atoms with van der Waals surface area (Å²) in [5.41, 5.74) is 1.35. The van der Waals surface area contributed by atoms with Gasteiger partial charge in [-0.3, -0.25) is 4.99 Å². The minimum Gasteiger partial charge on any atom is -0.341 e. The Labute approximate surface area is 156 Å². The van der Waals surface area contributed by atoms with Crippen LogP contribution in [0.15, 0.2) is 41.4 Å².